The highest BCUT2D eigenvalue weighted by Crippen LogP contribution is 2.31. The molecule has 0 saturated carbocycles. The van der Waals surface area contributed by atoms with Gasteiger partial charge in [0.15, 0.2) is 5.88 Å². The average molecular weight is 165 g/mol. The molecule has 1 aromatic rings. The molecule has 1 rings (SSSR count). The van der Waals surface area contributed by atoms with E-state index < -0.39 is 17.6 Å². The molecule has 0 aliphatic carbocycles. The lowest BCUT2D eigenvalue weighted by Crippen LogP contribution is -2.02. The van der Waals surface area contributed by atoms with Crippen LogP contribution < -0.4 is 0 Å². The lowest BCUT2D eigenvalue weighted by molar-refractivity contribution is -0.137. The quantitative estimate of drug-likeness (QED) is 0.622. The molecule has 0 unspecified atom stereocenters. The molecule has 0 fully saturated rings. The first-order chi connectivity index (χ1) is 4.91. The van der Waals surface area contributed by atoms with Gasteiger partial charge in [-0.05, 0) is 0 Å². The summed E-state index contributed by atoms with van der Waals surface area (Å²) in [6.45, 7) is 0. The van der Waals surface area contributed by atoms with Crippen LogP contribution in [0.2, 0.25) is 0 Å². The van der Waals surface area contributed by atoms with Crippen molar-refractivity contribution in [3.63, 3.8) is 0 Å². The second kappa shape index (κ2) is 2.18. The highest BCUT2D eigenvalue weighted by molar-refractivity contribution is 5.24. The summed E-state index contributed by atoms with van der Waals surface area (Å²) in [5.41, 5.74) is -0.836. The molecule has 0 saturated heterocycles. The van der Waals surface area contributed by atoms with Gasteiger partial charge >= 0.3 is 6.18 Å². The maximum absolute atomic E-state index is 11.9. The summed E-state index contributed by atoms with van der Waals surface area (Å²) in [6.07, 6.45) is -3.55. The largest absolute Gasteiger partial charge is 0.494 e. The van der Waals surface area contributed by atoms with Crippen molar-refractivity contribution >= 4 is 0 Å². The van der Waals surface area contributed by atoms with Gasteiger partial charge < -0.3 is 9.67 Å². The van der Waals surface area contributed by atoms with Crippen LogP contribution >= 0.6 is 0 Å². The molecule has 0 radical (unpaired) electrons. The van der Waals surface area contributed by atoms with E-state index in [1.165, 1.54) is 7.05 Å². The Kier molecular flexibility index (Phi) is 1.58. The molecule has 0 aliphatic heterocycles. The van der Waals surface area contributed by atoms with Crippen molar-refractivity contribution in [1.82, 2.24) is 4.57 Å². The van der Waals surface area contributed by atoms with Crippen LogP contribution in [0, 0.1) is 0 Å². The molecule has 0 atom stereocenters. The fraction of sp³-hybridized carbons (Fsp3) is 0.333. The van der Waals surface area contributed by atoms with Gasteiger partial charge in [-0.1, -0.05) is 0 Å². The first kappa shape index (κ1) is 7.97. The number of rotatable bonds is 0. The molecule has 5 heteroatoms. The van der Waals surface area contributed by atoms with Gasteiger partial charge in [0, 0.05) is 19.3 Å². The second-order valence-electron chi connectivity index (χ2n) is 2.20. The number of aromatic hydroxyl groups is 1. The SMILES string of the molecule is Cn1cc(C(F)(F)F)cc1O. The summed E-state index contributed by atoms with van der Waals surface area (Å²) in [5.74, 6) is -0.391. The van der Waals surface area contributed by atoms with Crippen LogP contribution in [0.25, 0.3) is 0 Å². The van der Waals surface area contributed by atoms with Crippen LogP contribution in [0.3, 0.4) is 0 Å². The van der Waals surface area contributed by atoms with Gasteiger partial charge in [-0.3, -0.25) is 0 Å². The molecular formula is C6H6F3NO. The van der Waals surface area contributed by atoms with Crippen molar-refractivity contribution in [2.24, 2.45) is 7.05 Å². The van der Waals surface area contributed by atoms with E-state index in [0.717, 1.165) is 10.8 Å². The molecule has 0 aliphatic rings. The minimum atomic E-state index is -4.38. The molecular weight excluding hydrogens is 159 g/mol. The number of aromatic nitrogens is 1. The zero-order chi connectivity index (χ0) is 8.65. The number of alkyl halides is 3. The maximum atomic E-state index is 11.9. The molecule has 1 N–H and O–H groups in total. The molecule has 2 nitrogen and oxygen atoms in total. The van der Waals surface area contributed by atoms with Crippen molar-refractivity contribution in [3.8, 4) is 5.88 Å². The van der Waals surface area contributed by atoms with Gasteiger partial charge in [0.2, 0.25) is 0 Å². The molecule has 0 spiro atoms. The van der Waals surface area contributed by atoms with E-state index >= 15 is 0 Å². The zero-order valence-corrected chi connectivity index (χ0v) is 5.68. The summed E-state index contributed by atoms with van der Waals surface area (Å²) in [4.78, 5) is 0. The van der Waals surface area contributed by atoms with E-state index in [1.807, 2.05) is 0 Å². The monoisotopic (exact) mass is 165 g/mol. The fourth-order valence-corrected chi connectivity index (χ4v) is 0.708. The van der Waals surface area contributed by atoms with Gasteiger partial charge in [-0.15, -0.1) is 0 Å². The second-order valence-corrected chi connectivity index (χ2v) is 2.20. The third-order valence-electron chi connectivity index (χ3n) is 1.31. The Morgan fingerprint density at radius 3 is 2.18 bits per heavy atom. The van der Waals surface area contributed by atoms with Crippen molar-refractivity contribution in [2.45, 2.75) is 6.18 Å². The molecule has 1 aromatic heterocycles. The minimum absolute atomic E-state index is 0.391. The predicted octanol–water partition coefficient (Wildman–Crippen LogP) is 1.75. The predicted molar refractivity (Wildman–Crippen MR) is 32.1 cm³/mol. The van der Waals surface area contributed by atoms with Crippen LogP contribution in [0.1, 0.15) is 5.56 Å². The number of nitrogens with zero attached hydrogens (tertiary/aromatic N) is 1. The highest BCUT2D eigenvalue weighted by Gasteiger charge is 2.32. The summed E-state index contributed by atoms with van der Waals surface area (Å²) < 4.78 is 36.6. The van der Waals surface area contributed by atoms with Gasteiger partial charge in [-0.25, -0.2) is 0 Å². The van der Waals surface area contributed by atoms with Crippen molar-refractivity contribution in [3.05, 3.63) is 17.8 Å². The number of aryl methyl sites for hydroxylation is 1. The third kappa shape index (κ3) is 1.47. The third-order valence-corrected chi connectivity index (χ3v) is 1.31. The molecule has 0 bridgehead atoms. The molecule has 1 heterocycles. The van der Waals surface area contributed by atoms with Crippen LogP contribution in [-0.4, -0.2) is 9.67 Å². The summed E-state index contributed by atoms with van der Waals surface area (Å²) in [6, 6.07) is 0.681. The Morgan fingerprint density at radius 1 is 1.45 bits per heavy atom. The number of halogens is 3. The van der Waals surface area contributed by atoms with E-state index in [-0.39, 0.29) is 0 Å². The van der Waals surface area contributed by atoms with E-state index in [9.17, 15) is 13.2 Å². The fourth-order valence-electron chi connectivity index (χ4n) is 0.708. The van der Waals surface area contributed by atoms with Crippen molar-refractivity contribution in [1.29, 1.82) is 0 Å². The Balaban J connectivity index is 3.08. The molecule has 0 amide bonds. The van der Waals surface area contributed by atoms with Gasteiger partial charge in [0.25, 0.3) is 0 Å². The number of hydrogen-bond donors (Lipinski definition) is 1. The first-order valence-corrected chi connectivity index (χ1v) is 2.84. The van der Waals surface area contributed by atoms with Crippen LogP contribution in [0.5, 0.6) is 5.88 Å². The number of hydrogen-bond acceptors (Lipinski definition) is 1. The Labute approximate surface area is 60.9 Å². The van der Waals surface area contributed by atoms with Gasteiger partial charge in [0.1, 0.15) is 0 Å². The lowest BCUT2D eigenvalue weighted by atomic mass is 10.3. The zero-order valence-electron chi connectivity index (χ0n) is 5.68. The van der Waals surface area contributed by atoms with E-state index in [4.69, 9.17) is 5.11 Å². The summed E-state index contributed by atoms with van der Waals surface area (Å²) >= 11 is 0. The smallest absolute Gasteiger partial charge is 0.418 e. The highest BCUT2D eigenvalue weighted by atomic mass is 19.4. The van der Waals surface area contributed by atoms with Gasteiger partial charge in [-0.2, -0.15) is 13.2 Å². The standard InChI is InChI=1S/C6H6F3NO/c1-10-3-4(2-5(10)11)6(7,8)9/h2-3,11H,1H3. The molecule has 0 aromatic carbocycles. The Hall–Kier alpha value is -1.13. The van der Waals surface area contributed by atoms with E-state index in [0.29, 0.717) is 6.07 Å². The minimum Gasteiger partial charge on any atom is -0.494 e. The van der Waals surface area contributed by atoms with Crippen LogP contribution in [0.15, 0.2) is 12.3 Å². The molecule has 62 valence electrons. The molecule has 11 heavy (non-hydrogen) atoms. The van der Waals surface area contributed by atoms with Crippen molar-refractivity contribution < 1.29 is 18.3 Å². The van der Waals surface area contributed by atoms with E-state index in [1.54, 1.807) is 0 Å². The maximum Gasteiger partial charge on any atom is 0.418 e. The normalized spacial score (nSPS) is 12.0. The topological polar surface area (TPSA) is 25.2 Å². The van der Waals surface area contributed by atoms with Crippen LogP contribution in [-0.2, 0) is 13.2 Å². The van der Waals surface area contributed by atoms with Crippen molar-refractivity contribution in [2.75, 3.05) is 0 Å². The van der Waals surface area contributed by atoms with Crippen LogP contribution in [0.4, 0.5) is 13.2 Å². The summed E-state index contributed by atoms with van der Waals surface area (Å²) in [5, 5.41) is 8.77. The van der Waals surface area contributed by atoms with E-state index in [2.05, 4.69) is 0 Å². The average Bonchev–Trinajstić information content (AvgIpc) is 2.11. The summed E-state index contributed by atoms with van der Waals surface area (Å²) in [7, 11) is 1.34. The first-order valence-electron chi connectivity index (χ1n) is 2.84. The Morgan fingerprint density at radius 2 is 2.00 bits per heavy atom. The lowest BCUT2D eigenvalue weighted by Gasteiger charge is -2.00. The van der Waals surface area contributed by atoms with Gasteiger partial charge in [0.05, 0.1) is 5.56 Å². The Bertz CT molecular complexity index is 244.